The molecule has 1 aliphatic rings. The van der Waals surface area contributed by atoms with Crippen LogP contribution in [0.4, 0.5) is 0 Å². The Labute approximate surface area is 121 Å². The molecule has 1 amide bonds. The van der Waals surface area contributed by atoms with Crippen molar-refractivity contribution < 1.29 is 4.79 Å². The normalized spacial score (nSPS) is 26.7. The first-order chi connectivity index (χ1) is 7.87. The molecule has 0 aliphatic heterocycles. The summed E-state index contributed by atoms with van der Waals surface area (Å²) in [5.41, 5.74) is 3.03. The fraction of sp³-hybridized carbons (Fsp3) is 0.455. The number of nitrogens with one attached hydrogen (secondary N) is 1. The molecule has 1 heterocycles. The predicted molar refractivity (Wildman–Crippen MR) is 78.0 cm³/mol. The smallest absolute Gasteiger partial charge is 0.248 e. The minimum Gasteiger partial charge on any atom is -0.272 e. The van der Waals surface area contributed by atoms with E-state index in [2.05, 4.69) is 42.4 Å². The van der Waals surface area contributed by atoms with Gasteiger partial charge in [-0.25, -0.2) is 5.43 Å². The maximum atomic E-state index is 11.9. The zero-order valence-corrected chi connectivity index (χ0v) is 13.4. The Morgan fingerprint density at radius 1 is 1.59 bits per heavy atom. The summed E-state index contributed by atoms with van der Waals surface area (Å²) in [4.78, 5) is 13.0. The first kappa shape index (κ1) is 13.2. The number of nitrogens with zero attached hydrogens (tertiary/aromatic N) is 1. The highest BCUT2D eigenvalue weighted by Crippen LogP contribution is 2.66. The fourth-order valence-electron chi connectivity index (χ4n) is 1.44. The van der Waals surface area contributed by atoms with Gasteiger partial charge in [-0.1, -0.05) is 37.9 Å². The molecule has 1 N–H and O–H groups in total. The zero-order chi connectivity index (χ0) is 12.7. The first-order valence-corrected chi connectivity index (χ1v) is 7.60. The van der Waals surface area contributed by atoms with E-state index in [0.717, 1.165) is 17.0 Å². The van der Waals surface area contributed by atoms with Crippen molar-refractivity contribution in [2.45, 2.75) is 23.5 Å². The summed E-state index contributed by atoms with van der Waals surface area (Å²) in [6.45, 7) is 3.79. The molecule has 0 bridgehead atoms. The van der Waals surface area contributed by atoms with Crippen molar-refractivity contribution in [1.29, 1.82) is 0 Å². The molecule has 1 aromatic heterocycles. The number of halogens is 2. The van der Waals surface area contributed by atoms with Crippen molar-refractivity contribution in [3.05, 3.63) is 22.4 Å². The van der Waals surface area contributed by atoms with Crippen LogP contribution < -0.4 is 5.43 Å². The lowest BCUT2D eigenvalue weighted by Crippen LogP contribution is -2.30. The van der Waals surface area contributed by atoms with Crippen LogP contribution in [0.15, 0.2) is 22.6 Å². The van der Waals surface area contributed by atoms with Crippen molar-refractivity contribution in [2.24, 2.45) is 10.5 Å². The average Bonchev–Trinajstić information content (AvgIpc) is 2.73. The van der Waals surface area contributed by atoms with Crippen molar-refractivity contribution in [2.75, 3.05) is 0 Å². The van der Waals surface area contributed by atoms with Crippen molar-refractivity contribution in [3.8, 4) is 0 Å². The molecular weight excluding hydrogens is 368 g/mol. The molecule has 0 aromatic carbocycles. The van der Waals surface area contributed by atoms with Crippen LogP contribution in [-0.4, -0.2) is 14.9 Å². The molecule has 92 valence electrons. The van der Waals surface area contributed by atoms with E-state index in [0.29, 0.717) is 0 Å². The Bertz CT molecular complexity index is 470. The third-order valence-electron chi connectivity index (χ3n) is 2.96. The second-order valence-electron chi connectivity index (χ2n) is 4.33. The van der Waals surface area contributed by atoms with E-state index >= 15 is 0 Å². The highest BCUT2D eigenvalue weighted by molar-refractivity contribution is 9.25. The van der Waals surface area contributed by atoms with Gasteiger partial charge in [0, 0.05) is 4.88 Å². The lowest BCUT2D eigenvalue weighted by atomic mass is 10.1. The van der Waals surface area contributed by atoms with Crippen LogP contribution in [-0.2, 0) is 4.79 Å². The van der Waals surface area contributed by atoms with Crippen molar-refractivity contribution >= 4 is 54.8 Å². The van der Waals surface area contributed by atoms with Gasteiger partial charge in [0.1, 0.15) is 0 Å². The summed E-state index contributed by atoms with van der Waals surface area (Å²) >= 11 is 8.53. The number of carbonyl (C=O) groups is 1. The molecule has 17 heavy (non-hydrogen) atoms. The van der Waals surface area contributed by atoms with E-state index in [1.54, 1.807) is 11.3 Å². The largest absolute Gasteiger partial charge is 0.272 e. The lowest BCUT2D eigenvalue weighted by molar-refractivity contribution is -0.125. The first-order valence-electron chi connectivity index (χ1n) is 5.13. The van der Waals surface area contributed by atoms with Gasteiger partial charge in [0.2, 0.25) is 5.91 Å². The Balaban J connectivity index is 2.00. The van der Waals surface area contributed by atoms with E-state index in [-0.39, 0.29) is 9.14 Å². The van der Waals surface area contributed by atoms with Crippen LogP contribution in [0.5, 0.6) is 0 Å². The molecule has 1 aromatic rings. The second-order valence-corrected chi connectivity index (χ2v) is 9.05. The van der Waals surface area contributed by atoms with E-state index in [9.17, 15) is 4.79 Å². The van der Waals surface area contributed by atoms with Crippen molar-refractivity contribution in [3.63, 3.8) is 0 Å². The summed E-state index contributed by atoms with van der Waals surface area (Å²) < 4.78 is -0.274. The Hall–Kier alpha value is -0.200. The molecule has 1 fully saturated rings. The number of hydrogen-bond acceptors (Lipinski definition) is 3. The van der Waals surface area contributed by atoms with Crippen LogP contribution in [0.2, 0.25) is 0 Å². The quantitative estimate of drug-likeness (QED) is 0.487. The monoisotopic (exact) mass is 378 g/mol. The number of thiophene rings is 1. The number of hydrazone groups is 1. The van der Waals surface area contributed by atoms with Crippen LogP contribution in [0.25, 0.3) is 0 Å². The van der Waals surface area contributed by atoms with Crippen LogP contribution in [0, 0.1) is 5.41 Å². The summed E-state index contributed by atoms with van der Waals surface area (Å²) in [5.74, 6) is -0.0674. The molecule has 6 heteroatoms. The minimum absolute atomic E-state index is 0.0674. The van der Waals surface area contributed by atoms with Gasteiger partial charge in [0.05, 0.1) is 14.4 Å². The standard InChI is InChI=1S/C11H12Br2N2OS/c1-7(8-4-3-5-17-8)14-15-9(16)10(2)6-11(10,12)13/h3-5H,6H2,1-2H3,(H,15,16)/t10-/m0/s1. The Kier molecular flexibility index (Phi) is 3.49. The van der Waals surface area contributed by atoms with E-state index < -0.39 is 5.41 Å². The molecule has 1 saturated carbocycles. The highest BCUT2D eigenvalue weighted by Gasteiger charge is 2.66. The topological polar surface area (TPSA) is 41.5 Å². The maximum absolute atomic E-state index is 11.9. The predicted octanol–water partition coefficient (Wildman–Crippen LogP) is 3.48. The second kappa shape index (κ2) is 4.48. The van der Waals surface area contributed by atoms with Gasteiger partial charge in [-0.3, -0.25) is 4.79 Å². The van der Waals surface area contributed by atoms with Gasteiger partial charge in [-0.05, 0) is 31.7 Å². The summed E-state index contributed by atoms with van der Waals surface area (Å²) in [6, 6.07) is 3.94. The minimum atomic E-state index is -0.424. The van der Waals surface area contributed by atoms with E-state index in [4.69, 9.17) is 0 Å². The third-order valence-corrected chi connectivity index (χ3v) is 6.25. The van der Waals surface area contributed by atoms with Crippen LogP contribution in [0.3, 0.4) is 0 Å². The van der Waals surface area contributed by atoms with Crippen LogP contribution in [0.1, 0.15) is 25.1 Å². The van der Waals surface area contributed by atoms with Gasteiger partial charge in [0.15, 0.2) is 0 Å². The molecule has 0 radical (unpaired) electrons. The average molecular weight is 380 g/mol. The SMILES string of the molecule is CC(=NNC(=O)[C@]1(C)CC1(Br)Br)c1cccs1. The number of carbonyl (C=O) groups excluding carboxylic acids is 1. The number of alkyl halides is 2. The maximum Gasteiger partial charge on any atom is 0.248 e. The third kappa shape index (κ3) is 2.48. The molecule has 3 nitrogen and oxygen atoms in total. The van der Waals surface area contributed by atoms with Gasteiger partial charge in [0.25, 0.3) is 0 Å². The van der Waals surface area contributed by atoms with E-state index in [1.807, 2.05) is 31.4 Å². The van der Waals surface area contributed by atoms with Gasteiger partial charge in [-0.2, -0.15) is 5.10 Å². The molecule has 0 unspecified atom stereocenters. The summed E-state index contributed by atoms with van der Waals surface area (Å²) in [7, 11) is 0. The van der Waals surface area contributed by atoms with Crippen LogP contribution >= 0.6 is 43.2 Å². The highest BCUT2D eigenvalue weighted by atomic mass is 79.9. The molecule has 1 aliphatic carbocycles. The summed E-state index contributed by atoms with van der Waals surface area (Å²) in [5, 5.41) is 6.11. The van der Waals surface area contributed by atoms with Gasteiger partial charge >= 0.3 is 0 Å². The fourth-order valence-corrected chi connectivity index (χ4v) is 3.60. The molecule has 0 saturated heterocycles. The summed E-state index contributed by atoms with van der Waals surface area (Å²) in [6.07, 6.45) is 0.763. The molecule has 2 rings (SSSR count). The molecule has 0 spiro atoms. The van der Waals surface area contributed by atoms with Gasteiger partial charge < -0.3 is 0 Å². The van der Waals surface area contributed by atoms with Gasteiger partial charge in [-0.15, -0.1) is 11.3 Å². The number of rotatable bonds is 3. The zero-order valence-electron chi connectivity index (χ0n) is 9.46. The number of amides is 1. The molecular formula is C11H12Br2N2OS. The van der Waals surface area contributed by atoms with Crippen molar-refractivity contribution in [1.82, 2.24) is 5.43 Å². The molecule has 1 atom stereocenters. The Morgan fingerprint density at radius 3 is 2.71 bits per heavy atom. The lowest BCUT2D eigenvalue weighted by Gasteiger charge is -2.10. The Morgan fingerprint density at radius 2 is 2.24 bits per heavy atom. The number of hydrogen-bond donors (Lipinski definition) is 1. The van der Waals surface area contributed by atoms with E-state index in [1.165, 1.54) is 0 Å².